The summed E-state index contributed by atoms with van der Waals surface area (Å²) in [6.45, 7) is 0. The Balaban J connectivity index is 2.34. The predicted molar refractivity (Wildman–Crippen MR) is 71.4 cm³/mol. The summed E-state index contributed by atoms with van der Waals surface area (Å²) in [6, 6.07) is 8.40. The highest BCUT2D eigenvalue weighted by molar-refractivity contribution is 9.10. The number of primary amides is 1. The minimum Gasteiger partial charge on any atom is -0.454 e. The maximum Gasteiger partial charge on any atom is 0.267 e. The Hall–Kier alpha value is -2.08. The fraction of sp³-hybridized carbons (Fsp3) is 0. The van der Waals surface area contributed by atoms with Crippen LogP contribution in [0.3, 0.4) is 0 Å². The Kier molecular flexibility index (Phi) is 3.47. The van der Waals surface area contributed by atoms with Crippen molar-refractivity contribution in [3.63, 3.8) is 0 Å². The number of aromatic nitrogens is 1. The van der Waals surface area contributed by atoms with E-state index in [-0.39, 0.29) is 5.69 Å². The highest BCUT2D eigenvalue weighted by Crippen LogP contribution is 2.34. The number of carbonyl (C=O) groups is 1. The highest BCUT2D eigenvalue weighted by Gasteiger charge is 2.09. The normalized spacial score (nSPS) is 10.1. The minimum atomic E-state index is -0.611. The van der Waals surface area contributed by atoms with Gasteiger partial charge in [-0.05, 0) is 34.1 Å². The Bertz CT molecular complexity index is 581. The first-order valence-electron chi connectivity index (χ1n) is 5.05. The molecule has 0 unspecified atom stereocenters. The number of anilines is 1. The molecule has 0 radical (unpaired) electrons. The molecule has 0 saturated carbocycles. The lowest BCUT2D eigenvalue weighted by molar-refractivity contribution is 0.0995. The molecule has 0 aliphatic carbocycles. The molecule has 2 rings (SSSR count). The Morgan fingerprint density at radius 1 is 1.33 bits per heavy atom. The summed E-state index contributed by atoms with van der Waals surface area (Å²) in [4.78, 5) is 14.8. The molecule has 1 aromatic carbocycles. The van der Waals surface area contributed by atoms with Crippen molar-refractivity contribution in [2.24, 2.45) is 5.73 Å². The molecule has 1 amide bonds. The molecule has 2 aromatic rings. The zero-order valence-corrected chi connectivity index (χ0v) is 10.8. The largest absolute Gasteiger partial charge is 0.454 e. The first-order valence-corrected chi connectivity index (χ1v) is 5.85. The average Bonchev–Trinajstić information content (AvgIpc) is 2.34. The molecule has 0 aliphatic heterocycles. The van der Waals surface area contributed by atoms with E-state index in [9.17, 15) is 4.79 Å². The summed E-state index contributed by atoms with van der Waals surface area (Å²) in [5, 5.41) is 0. The van der Waals surface area contributed by atoms with Crippen LogP contribution in [-0.4, -0.2) is 10.9 Å². The van der Waals surface area contributed by atoms with E-state index in [1.807, 2.05) is 6.07 Å². The SMILES string of the molecule is NC(=O)c1cc(Oc2c(N)cccc2Br)ccn1. The third kappa shape index (κ3) is 2.60. The van der Waals surface area contributed by atoms with Gasteiger partial charge in [0.15, 0.2) is 5.75 Å². The molecule has 0 spiro atoms. The summed E-state index contributed by atoms with van der Waals surface area (Å²) in [7, 11) is 0. The van der Waals surface area contributed by atoms with E-state index in [1.165, 1.54) is 12.3 Å². The number of nitrogens with zero attached hydrogens (tertiary/aromatic N) is 1. The third-order valence-corrected chi connectivity index (χ3v) is 2.83. The van der Waals surface area contributed by atoms with Gasteiger partial charge in [-0.1, -0.05) is 6.07 Å². The van der Waals surface area contributed by atoms with Gasteiger partial charge in [0.1, 0.15) is 11.4 Å². The molecule has 1 heterocycles. The van der Waals surface area contributed by atoms with Gasteiger partial charge < -0.3 is 16.2 Å². The van der Waals surface area contributed by atoms with Gasteiger partial charge >= 0.3 is 0 Å². The minimum absolute atomic E-state index is 0.137. The van der Waals surface area contributed by atoms with Crippen LogP contribution in [0.4, 0.5) is 5.69 Å². The van der Waals surface area contributed by atoms with Crippen LogP contribution in [0.25, 0.3) is 0 Å². The Morgan fingerprint density at radius 3 is 2.78 bits per heavy atom. The molecule has 1 aromatic heterocycles. The van der Waals surface area contributed by atoms with Crippen LogP contribution < -0.4 is 16.2 Å². The van der Waals surface area contributed by atoms with Crippen LogP contribution in [0.2, 0.25) is 0 Å². The molecule has 0 saturated heterocycles. The number of nitrogen functional groups attached to an aromatic ring is 1. The molecular weight excluding hydrogens is 298 g/mol. The van der Waals surface area contributed by atoms with Crippen LogP contribution in [-0.2, 0) is 0 Å². The van der Waals surface area contributed by atoms with E-state index in [1.54, 1.807) is 18.2 Å². The second-order valence-electron chi connectivity index (χ2n) is 3.50. The van der Waals surface area contributed by atoms with Crippen LogP contribution >= 0.6 is 15.9 Å². The van der Waals surface area contributed by atoms with Crippen molar-refractivity contribution >= 4 is 27.5 Å². The van der Waals surface area contributed by atoms with Crippen molar-refractivity contribution in [1.82, 2.24) is 4.98 Å². The number of ether oxygens (including phenoxy) is 1. The topological polar surface area (TPSA) is 91.2 Å². The van der Waals surface area contributed by atoms with Gasteiger partial charge in [0, 0.05) is 12.3 Å². The van der Waals surface area contributed by atoms with Crippen molar-refractivity contribution in [3.8, 4) is 11.5 Å². The van der Waals surface area contributed by atoms with E-state index in [0.29, 0.717) is 17.2 Å². The summed E-state index contributed by atoms with van der Waals surface area (Å²) >= 11 is 3.34. The molecule has 0 bridgehead atoms. The maximum atomic E-state index is 11.0. The smallest absolute Gasteiger partial charge is 0.267 e. The Morgan fingerprint density at radius 2 is 2.11 bits per heavy atom. The molecule has 92 valence electrons. The zero-order valence-electron chi connectivity index (χ0n) is 9.26. The summed E-state index contributed by atoms with van der Waals surface area (Å²) in [5.41, 5.74) is 11.6. The van der Waals surface area contributed by atoms with Gasteiger partial charge in [0.05, 0.1) is 10.2 Å². The quantitative estimate of drug-likeness (QED) is 0.851. The summed E-state index contributed by atoms with van der Waals surface area (Å²) in [5.74, 6) is 0.317. The van der Waals surface area contributed by atoms with E-state index in [4.69, 9.17) is 16.2 Å². The van der Waals surface area contributed by atoms with Crippen molar-refractivity contribution < 1.29 is 9.53 Å². The number of benzene rings is 1. The lowest BCUT2D eigenvalue weighted by Crippen LogP contribution is -2.12. The van der Waals surface area contributed by atoms with Crippen LogP contribution in [0.15, 0.2) is 41.0 Å². The first-order chi connectivity index (χ1) is 8.58. The van der Waals surface area contributed by atoms with Crippen LogP contribution in [0.1, 0.15) is 10.5 Å². The fourth-order valence-corrected chi connectivity index (χ4v) is 1.82. The number of hydrogen-bond donors (Lipinski definition) is 2. The van der Waals surface area contributed by atoms with E-state index in [0.717, 1.165) is 4.47 Å². The number of hydrogen-bond acceptors (Lipinski definition) is 4. The number of pyridine rings is 1. The van der Waals surface area contributed by atoms with Gasteiger partial charge in [-0.3, -0.25) is 9.78 Å². The Labute approximate surface area is 112 Å². The third-order valence-electron chi connectivity index (χ3n) is 2.20. The van der Waals surface area contributed by atoms with Gasteiger partial charge in [-0.2, -0.15) is 0 Å². The molecular formula is C12H10BrN3O2. The number of nitrogens with two attached hydrogens (primary N) is 2. The van der Waals surface area contributed by atoms with Crippen LogP contribution in [0.5, 0.6) is 11.5 Å². The highest BCUT2D eigenvalue weighted by atomic mass is 79.9. The number of amides is 1. The van der Waals surface area contributed by atoms with Crippen molar-refractivity contribution in [3.05, 3.63) is 46.7 Å². The monoisotopic (exact) mass is 307 g/mol. The van der Waals surface area contributed by atoms with Crippen LogP contribution in [0, 0.1) is 0 Å². The second-order valence-corrected chi connectivity index (χ2v) is 4.36. The average molecular weight is 308 g/mol. The molecule has 0 aliphatic rings. The summed E-state index contributed by atoms with van der Waals surface area (Å²) in [6.07, 6.45) is 1.45. The zero-order chi connectivity index (χ0) is 13.1. The second kappa shape index (κ2) is 5.05. The molecule has 0 atom stereocenters. The fourth-order valence-electron chi connectivity index (χ4n) is 1.36. The van der Waals surface area contributed by atoms with Gasteiger partial charge in [0.25, 0.3) is 5.91 Å². The lowest BCUT2D eigenvalue weighted by atomic mass is 10.3. The molecule has 6 heteroatoms. The molecule has 4 N–H and O–H groups in total. The standard InChI is InChI=1S/C12H10BrN3O2/c13-8-2-1-3-9(14)11(8)18-7-4-5-16-10(6-7)12(15)17/h1-6H,14H2,(H2,15,17). The molecule has 5 nitrogen and oxygen atoms in total. The van der Waals surface area contributed by atoms with E-state index in [2.05, 4.69) is 20.9 Å². The molecule has 0 fully saturated rings. The van der Waals surface area contributed by atoms with E-state index < -0.39 is 5.91 Å². The van der Waals surface area contributed by atoms with E-state index >= 15 is 0 Å². The van der Waals surface area contributed by atoms with Crippen molar-refractivity contribution in [2.75, 3.05) is 5.73 Å². The van der Waals surface area contributed by atoms with Gasteiger partial charge in [0.2, 0.25) is 0 Å². The predicted octanol–water partition coefficient (Wildman–Crippen LogP) is 2.32. The maximum absolute atomic E-state index is 11.0. The number of halogens is 1. The van der Waals surface area contributed by atoms with Gasteiger partial charge in [-0.25, -0.2) is 0 Å². The number of carbonyl (C=O) groups excluding carboxylic acids is 1. The lowest BCUT2D eigenvalue weighted by Gasteiger charge is -2.10. The number of para-hydroxylation sites is 1. The molecule has 18 heavy (non-hydrogen) atoms. The first kappa shape index (κ1) is 12.4. The van der Waals surface area contributed by atoms with Crippen molar-refractivity contribution in [2.45, 2.75) is 0 Å². The van der Waals surface area contributed by atoms with Crippen molar-refractivity contribution in [1.29, 1.82) is 0 Å². The van der Waals surface area contributed by atoms with Gasteiger partial charge in [-0.15, -0.1) is 0 Å². The summed E-state index contributed by atoms with van der Waals surface area (Å²) < 4.78 is 6.33. The number of rotatable bonds is 3.